The third-order valence-electron chi connectivity index (χ3n) is 2.78. The molecular formula is C15H15ClFNO. The van der Waals surface area contributed by atoms with Gasteiger partial charge in [-0.2, -0.15) is 0 Å². The molecule has 2 rings (SSSR count). The Bertz CT molecular complexity index is 559. The largest absolute Gasteiger partial charge is 0.482 e. The molecule has 0 heterocycles. The molecule has 0 fully saturated rings. The van der Waals surface area contributed by atoms with Crippen LogP contribution < -0.4 is 10.5 Å². The fraction of sp³-hybridized carbons (Fsp3) is 0.200. The highest BCUT2D eigenvalue weighted by molar-refractivity contribution is 6.32. The van der Waals surface area contributed by atoms with E-state index in [9.17, 15) is 4.39 Å². The topological polar surface area (TPSA) is 35.2 Å². The monoisotopic (exact) mass is 279 g/mol. The Morgan fingerprint density at radius 1 is 1.11 bits per heavy atom. The molecule has 2 N–H and O–H groups in total. The zero-order chi connectivity index (χ0) is 13.8. The molecule has 0 amide bonds. The molecule has 0 aliphatic heterocycles. The Morgan fingerprint density at radius 2 is 1.74 bits per heavy atom. The van der Waals surface area contributed by atoms with Crippen LogP contribution in [0.15, 0.2) is 48.5 Å². The van der Waals surface area contributed by atoms with E-state index in [2.05, 4.69) is 0 Å². The smallest absolute Gasteiger partial charge is 0.141 e. The summed E-state index contributed by atoms with van der Waals surface area (Å²) in [6, 6.07) is 13.1. The summed E-state index contributed by atoms with van der Waals surface area (Å²) in [5, 5.41) is 0.476. The van der Waals surface area contributed by atoms with Crippen molar-refractivity contribution in [1.29, 1.82) is 0 Å². The van der Waals surface area contributed by atoms with Gasteiger partial charge in [0.15, 0.2) is 0 Å². The molecule has 4 heteroatoms. The van der Waals surface area contributed by atoms with E-state index in [-0.39, 0.29) is 11.9 Å². The molecule has 0 saturated carbocycles. The second-order valence-corrected chi connectivity index (χ2v) is 4.76. The molecular weight excluding hydrogens is 265 g/mol. The van der Waals surface area contributed by atoms with E-state index in [1.165, 1.54) is 6.07 Å². The van der Waals surface area contributed by atoms with Gasteiger partial charge in [-0.3, -0.25) is 0 Å². The molecule has 100 valence electrons. The Hall–Kier alpha value is -1.58. The van der Waals surface area contributed by atoms with Crippen molar-refractivity contribution in [1.82, 2.24) is 0 Å². The molecule has 2 aromatic rings. The summed E-state index contributed by atoms with van der Waals surface area (Å²) >= 11 is 6.04. The lowest BCUT2D eigenvalue weighted by molar-refractivity contribution is 0.176. The molecule has 0 saturated heterocycles. The number of benzene rings is 2. The van der Waals surface area contributed by atoms with Crippen LogP contribution in [0, 0.1) is 5.82 Å². The van der Waals surface area contributed by atoms with Gasteiger partial charge in [-0.05, 0) is 25.1 Å². The van der Waals surface area contributed by atoms with E-state index in [0.717, 1.165) is 0 Å². The third-order valence-corrected chi connectivity index (χ3v) is 3.09. The van der Waals surface area contributed by atoms with E-state index >= 15 is 0 Å². The first-order valence-corrected chi connectivity index (χ1v) is 6.38. The third kappa shape index (κ3) is 3.25. The van der Waals surface area contributed by atoms with Crippen LogP contribution in [0.1, 0.15) is 18.6 Å². The second-order valence-electron chi connectivity index (χ2n) is 4.35. The van der Waals surface area contributed by atoms with Crippen LogP contribution >= 0.6 is 11.6 Å². The number of nitrogens with two attached hydrogens (primary N) is 1. The summed E-state index contributed by atoms with van der Waals surface area (Å²) in [6.07, 6.45) is -0.582. The molecule has 2 unspecified atom stereocenters. The molecule has 2 aromatic carbocycles. The maximum Gasteiger partial charge on any atom is 0.141 e. The highest BCUT2D eigenvalue weighted by Gasteiger charge is 2.22. The maximum absolute atomic E-state index is 13.8. The lowest BCUT2D eigenvalue weighted by Crippen LogP contribution is -2.29. The van der Waals surface area contributed by atoms with Crippen molar-refractivity contribution in [2.24, 2.45) is 5.73 Å². The Labute approximate surface area is 117 Å². The molecule has 0 aromatic heterocycles. The molecule has 0 bridgehead atoms. The fourth-order valence-electron chi connectivity index (χ4n) is 1.84. The molecule has 0 aliphatic carbocycles. The average molecular weight is 280 g/mol. The van der Waals surface area contributed by atoms with Gasteiger partial charge in [-0.1, -0.05) is 41.9 Å². The van der Waals surface area contributed by atoms with Gasteiger partial charge >= 0.3 is 0 Å². The van der Waals surface area contributed by atoms with Gasteiger partial charge < -0.3 is 10.5 Å². The summed E-state index contributed by atoms with van der Waals surface area (Å²) in [4.78, 5) is 0. The number of para-hydroxylation sites is 1. The van der Waals surface area contributed by atoms with Crippen molar-refractivity contribution in [2.75, 3.05) is 0 Å². The molecule has 2 nitrogen and oxygen atoms in total. The van der Waals surface area contributed by atoms with Crippen LogP contribution in [-0.2, 0) is 0 Å². The van der Waals surface area contributed by atoms with Crippen molar-refractivity contribution in [3.05, 3.63) is 64.9 Å². The van der Waals surface area contributed by atoms with Gasteiger partial charge in [0, 0.05) is 11.6 Å². The van der Waals surface area contributed by atoms with Crippen molar-refractivity contribution in [3.8, 4) is 5.75 Å². The molecule has 0 aliphatic rings. The first kappa shape index (κ1) is 13.8. The zero-order valence-corrected chi connectivity index (χ0v) is 11.3. The Morgan fingerprint density at radius 3 is 2.37 bits per heavy atom. The van der Waals surface area contributed by atoms with Gasteiger partial charge in [-0.15, -0.1) is 0 Å². The summed E-state index contributed by atoms with van der Waals surface area (Å²) in [6.45, 7) is 1.77. The Balaban J connectivity index is 2.33. The van der Waals surface area contributed by atoms with E-state index in [1.807, 2.05) is 0 Å². The number of rotatable bonds is 4. The van der Waals surface area contributed by atoms with Crippen LogP contribution in [-0.4, -0.2) is 6.04 Å². The van der Waals surface area contributed by atoms with Crippen LogP contribution in [0.2, 0.25) is 5.02 Å². The van der Waals surface area contributed by atoms with E-state index < -0.39 is 6.10 Å². The average Bonchev–Trinajstić information content (AvgIpc) is 2.38. The van der Waals surface area contributed by atoms with E-state index in [0.29, 0.717) is 16.3 Å². The zero-order valence-electron chi connectivity index (χ0n) is 10.5. The lowest BCUT2D eigenvalue weighted by atomic mass is 10.0. The van der Waals surface area contributed by atoms with E-state index in [4.69, 9.17) is 22.1 Å². The van der Waals surface area contributed by atoms with Crippen LogP contribution in [0.4, 0.5) is 4.39 Å². The van der Waals surface area contributed by atoms with Gasteiger partial charge in [0.2, 0.25) is 0 Å². The molecule has 19 heavy (non-hydrogen) atoms. The van der Waals surface area contributed by atoms with E-state index in [1.54, 1.807) is 49.4 Å². The normalized spacial score (nSPS) is 13.9. The SMILES string of the molecule is CC(N)C(Oc1ccccc1Cl)c1ccccc1F. The van der Waals surface area contributed by atoms with Gasteiger partial charge in [-0.25, -0.2) is 4.39 Å². The maximum atomic E-state index is 13.8. The quantitative estimate of drug-likeness (QED) is 0.920. The summed E-state index contributed by atoms with van der Waals surface area (Å²) in [5.41, 5.74) is 6.33. The van der Waals surface area contributed by atoms with Crippen molar-refractivity contribution >= 4 is 11.6 Å². The van der Waals surface area contributed by atoms with Crippen LogP contribution in [0.5, 0.6) is 5.75 Å². The summed E-state index contributed by atoms with van der Waals surface area (Å²) in [7, 11) is 0. The number of hydrogen-bond acceptors (Lipinski definition) is 2. The highest BCUT2D eigenvalue weighted by atomic mass is 35.5. The lowest BCUT2D eigenvalue weighted by Gasteiger charge is -2.23. The van der Waals surface area contributed by atoms with Crippen LogP contribution in [0.3, 0.4) is 0 Å². The van der Waals surface area contributed by atoms with Gasteiger partial charge in [0.25, 0.3) is 0 Å². The standard InChI is InChI=1S/C15H15ClFNO/c1-10(18)15(11-6-2-4-8-13(11)17)19-14-9-5-3-7-12(14)16/h2-10,15H,18H2,1H3. The number of halogens is 2. The minimum absolute atomic E-state index is 0.336. The second kappa shape index (κ2) is 6.04. The Kier molecular flexibility index (Phi) is 4.40. The number of hydrogen-bond donors (Lipinski definition) is 1. The van der Waals surface area contributed by atoms with Crippen molar-refractivity contribution in [3.63, 3.8) is 0 Å². The first-order valence-electron chi connectivity index (χ1n) is 6.01. The predicted octanol–water partition coefficient (Wildman–Crippen LogP) is 3.95. The molecule has 0 radical (unpaired) electrons. The molecule has 2 atom stereocenters. The molecule has 0 spiro atoms. The van der Waals surface area contributed by atoms with Crippen LogP contribution in [0.25, 0.3) is 0 Å². The van der Waals surface area contributed by atoms with Gasteiger partial charge in [0.1, 0.15) is 17.7 Å². The van der Waals surface area contributed by atoms with Gasteiger partial charge in [0.05, 0.1) is 5.02 Å². The minimum atomic E-state index is -0.582. The highest BCUT2D eigenvalue weighted by Crippen LogP contribution is 2.30. The summed E-state index contributed by atoms with van der Waals surface area (Å²) < 4.78 is 19.6. The van der Waals surface area contributed by atoms with Crippen molar-refractivity contribution < 1.29 is 9.13 Å². The summed E-state index contributed by atoms with van der Waals surface area (Å²) in [5.74, 6) is 0.159. The number of ether oxygens (including phenoxy) is 1. The predicted molar refractivity (Wildman–Crippen MR) is 74.9 cm³/mol. The van der Waals surface area contributed by atoms with Crippen molar-refractivity contribution in [2.45, 2.75) is 19.1 Å². The first-order chi connectivity index (χ1) is 9.09. The minimum Gasteiger partial charge on any atom is -0.482 e. The fourth-order valence-corrected chi connectivity index (χ4v) is 2.02.